The number of hydrogen-bond acceptors (Lipinski definition) is 4. The first-order chi connectivity index (χ1) is 9.86. The van der Waals surface area contributed by atoms with Gasteiger partial charge in [-0.1, -0.05) is 11.6 Å². The van der Waals surface area contributed by atoms with Crippen molar-refractivity contribution in [2.24, 2.45) is 0 Å². The van der Waals surface area contributed by atoms with E-state index in [1.54, 1.807) is 6.92 Å². The Morgan fingerprint density at radius 2 is 1.95 bits per heavy atom. The van der Waals surface area contributed by atoms with Gasteiger partial charge in [-0.15, -0.1) is 0 Å². The number of piperazine rings is 1. The Morgan fingerprint density at radius 1 is 1.33 bits per heavy atom. The number of halogens is 2. The number of nitriles is 1. The van der Waals surface area contributed by atoms with E-state index in [-0.39, 0.29) is 16.0 Å². The Labute approximate surface area is 128 Å². The van der Waals surface area contributed by atoms with Gasteiger partial charge in [0, 0.05) is 26.2 Å². The van der Waals surface area contributed by atoms with Gasteiger partial charge in [-0.05, 0) is 25.1 Å². The highest BCUT2D eigenvalue weighted by atomic mass is 35.5. The summed E-state index contributed by atoms with van der Waals surface area (Å²) >= 11 is 5.64. The maximum Gasteiger partial charge on any atom is 0.243 e. The second-order valence-corrected chi connectivity index (χ2v) is 7.17. The van der Waals surface area contributed by atoms with E-state index in [0.29, 0.717) is 26.2 Å². The van der Waals surface area contributed by atoms with E-state index >= 15 is 0 Å². The van der Waals surface area contributed by atoms with Crippen LogP contribution in [-0.4, -0.2) is 49.8 Å². The first kappa shape index (κ1) is 16.2. The predicted octanol–water partition coefficient (Wildman–Crippen LogP) is 1.70. The Kier molecular flexibility index (Phi) is 4.84. The van der Waals surface area contributed by atoms with Gasteiger partial charge in [-0.3, -0.25) is 4.90 Å². The van der Waals surface area contributed by atoms with Gasteiger partial charge in [0.2, 0.25) is 10.0 Å². The van der Waals surface area contributed by atoms with Crippen LogP contribution in [0.25, 0.3) is 0 Å². The zero-order valence-corrected chi connectivity index (χ0v) is 13.0. The molecule has 0 aromatic heterocycles. The summed E-state index contributed by atoms with van der Waals surface area (Å²) in [5, 5.41) is 8.66. The molecule has 1 aliphatic rings. The van der Waals surface area contributed by atoms with E-state index in [2.05, 4.69) is 6.07 Å². The molecule has 1 aromatic carbocycles. The maximum atomic E-state index is 13.1. The Balaban J connectivity index is 2.15. The Morgan fingerprint density at radius 3 is 2.48 bits per heavy atom. The van der Waals surface area contributed by atoms with Crippen molar-refractivity contribution in [2.45, 2.75) is 17.9 Å². The third-order valence-electron chi connectivity index (χ3n) is 3.54. The fraction of sp³-hybridized carbons (Fsp3) is 0.462. The van der Waals surface area contributed by atoms with Crippen molar-refractivity contribution < 1.29 is 12.8 Å². The molecule has 1 atom stereocenters. The number of rotatable bonds is 3. The van der Waals surface area contributed by atoms with Crippen molar-refractivity contribution in [1.82, 2.24) is 9.21 Å². The number of sulfonamides is 1. The fourth-order valence-corrected chi connectivity index (χ4v) is 3.89. The minimum Gasteiger partial charge on any atom is -0.286 e. The van der Waals surface area contributed by atoms with Crippen molar-refractivity contribution in [2.75, 3.05) is 26.2 Å². The third-order valence-corrected chi connectivity index (χ3v) is 5.72. The van der Waals surface area contributed by atoms with Crippen LogP contribution in [0.4, 0.5) is 4.39 Å². The molecule has 2 rings (SSSR count). The summed E-state index contributed by atoms with van der Waals surface area (Å²) in [4.78, 5) is 1.90. The monoisotopic (exact) mass is 331 g/mol. The lowest BCUT2D eigenvalue weighted by Gasteiger charge is -2.35. The van der Waals surface area contributed by atoms with Crippen LogP contribution in [0.5, 0.6) is 0 Å². The van der Waals surface area contributed by atoms with Gasteiger partial charge in [0.25, 0.3) is 0 Å². The van der Waals surface area contributed by atoms with Crippen molar-refractivity contribution in [3.05, 3.63) is 29.0 Å². The van der Waals surface area contributed by atoms with Crippen molar-refractivity contribution in [3.8, 4) is 6.07 Å². The third kappa shape index (κ3) is 3.35. The molecule has 0 saturated carbocycles. The molecule has 0 spiro atoms. The molecule has 0 bridgehead atoms. The lowest BCUT2D eigenvalue weighted by atomic mass is 10.2. The molecular formula is C13H15ClFN3O2S. The average molecular weight is 332 g/mol. The van der Waals surface area contributed by atoms with Crippen LogP contribution in [0.15, 0.2) is 23.1 Å². The molecule has 114 valence electrons. The smallest absolute Gasteiger partial charge is 0.243 e. The first-order valence-electron chi connectivity index (χ1n) is 6.45. The molecule has 0 amide bonds. The van der Waals surface area contributed by atoms with Crippen LogP contribution in [0, 0.1) is 17.1 Å². The SMILES string of the molecule is C[C@@H](C#N)N1CCN(S(=O)(=O)c2ccc(F)c(Cl)c2)CC1. The lowest BCUT2D eigenvalue weighted by Crippen LogP contribution is -2.50. The highest BCUT2D eigenvalue weighted by Crippen LogP contribution is 2.23. The fourth-order valence-electron chi connectivity index (χ4n) is 2.20. The number of nitrogens with zero attached hydrogens (tertiary/aromatic N) is 3. The first-order valence-corrected chi connectivity index (χ1v) is 8.27. The molecule has 0 aliphatic carbocycles. The van der Waals surface area contributed by atoms with Crippen LogP contribution in [0.2, 0.25) is 5.02 Å². The number of hydrogen-bond donors (Lipinski definition) is 0. The van der Waals surface area contributed by atoms with Gasteiger partial charge in [0.15, 0.2) is 0 Å². The quantitative estimate of drug-likeness (QED) is 0.845. The van der Waals surface area contributed by atoms with Gasteiger partial charge in [-0.25, -0.2) is 12.8 Å². The second-order valence-electron chi connectivity index (χ2n) is 4.82. The largest absolute Gasteiger partial charge is 0.286 e. The average Bonchev–Trinajstić information content (AvgIpc) is 2.49. The normalized spacial score (nSPS) is 19.1. The summed E-state index contributed by atoms with van der Waals surface area (Å²) in [6.07, 6.45) is 0. The van der Waals surface area contributed by atoms with Gasteiger partial charge in [0.1, 0.15) is 5.82 Å². The van der Waals surface area contributed by atoms with Gasteiger partial charge in [-0.2, -0.15) is 9.57 Å². The molecule has 21 heavy (non-hydrogen) atoms. The van der Waals surface area contributed by atoms with Crippen LogP contribution in [0.1, 0.15) is 6.92 Å². The lowest BCUT2D eigenvalue weighted by molar-refractivity contribution is 0.169. The summed E-state index contributed by atoms with van der Waals surface area (Å²) in [5.41, 5.74) is 0. The summed E-state index contributed by atoms with van der Waals surface area (Å²) < 4.78 is 39.4. The minimum atomic E-state index is -3.68. The molecular weight excluding hydrogens is 317 g/mol. The van der Waals surface area contributed by atoms with Gasteiger partial charge >= 0.3 is 0 Å². The summed E-state index contributed by atoms with van der Waals surface area (Å²) in [5.74, 6) is -0.650. The number of benzene rings is 1. The highest BCUT2D eigenvalue weighted by molar-refractivity contribution is 7.89. The van der Waals surface area contributed by atoms with Crippen molar-refractivity contribution in [3.63, 3.8) is 0 Å². The van der Waals surface area contributed by atoms with E-state index in [1.807, 2.05) is 4.90 Å². The van der Waals surface area contributed by atoms with E-state index in [0.717, 1.165) is 12.1 Å². The summed E-state index contributed by atoms with van der Waals surface area (Å²) in [6.45, 7) is 3.35. The molecule has 5 nitrogen and oxygen atoms in total. The van der Waals surface area contributed by atoms with E-state index < -0.39 is 15.8 Å². The molecule has 0 radical (unpaired) electrons. The standard InChI is InChI=1S/C13H15ClFN3O2S/c1-10(9-16)17-4-6-18(7-5-17)21(19,20)11-2-3-13(15)12(14)8-11/h2-3,8,10H,4-7H2,1H3/t10-/m0/s1. The molecule has 1 aliphatic heterocycles. The van der Waals surface area contributed by atoms with Gasteiger partial charge in [0.05, 0.1) is 22.0 Å². The highest BCUT2D eigenvalue weighted by Gasteiger charge is 2.30. The molecule has 8 heteroatoms. The molecule has 1 fully saturated rings. The molecule has 0 unspecified atom stereocenters. The summed E-state index contributed by atoms with van der Waals surface area (Å²) in [6, 6.07) is 5.27. The van der Waals surface area contributed by atoms with Crippen LogP contribution in [-0.2, 0) is 10.0 Å². The van der Waals surface area contributed by atoms with E-state index in [9.17, 15) is 12.8 Å². The predicted molar refractivity (Wildman–Crippen MR) is 76.8 cm³/mol. The molecule has 1 aromatic rings. The van der Waals surface area contributed by atoms with Crippen LogP contribution in [0.3, 0.4) is 0 Å². The molecule has 1 saturated heterocycles. The second kappa shape index (κ2) is 6.28. The molecule has 0 N–H and O–H groups in total. The molecule has 1 heterocycles. The zero-order chi connectivity index (χ0) is 15.6. The minimum absolute atomic E-state index is 0.0179. The zero-order valence-electron chi connectivity index (χ0n) is 11.5. The summed E-state index contributed by atoms with van der Waals surface area (Å²) in [7, 11) is -3.68. The van der Waals surface area contributed by atoms with E-state index in [4.69, 9.17) is 16.9 Å². The van der Waals surface area contributed by atoms with Gasteiger partial charge < -0.3 is 0 Å². The van der Waals surface area contributed by atoms with Crippen LogP contribution >= 0.6 is 11.6 Å². The maximum absolute atomic E-state index is 13.1. The van der Waals surface area contributed by atoms with Crippen LogP contribution < -0.4 is 0 Å². The van der Waals surface area contributed by atoms with Crippen molar-refractivity contribution >= 4 is 21.6 Å². The Hall–Kier alpha value is -1.20. The van der Waals surface area contributed by atoms with E-state index in [1.165, 1.54) is 10.4 Å². The van der Waals surface area contributed by atoms with Crippen molar-refractivity contribution in [1.29, 1.82) is 5.26 Å². The Bertz CT molecular complexity index is 666. The topological polar surface area (TPSA) is 64.4 Å².